The van der Waals surface area contributed by atoms with E-state index in [2.05, 4.69) is 38.8 Å². The molecule has 2 heterocycles. The summed E-state index contributed by atoms with van der Waals surface area (Å²) in [6, 6.07) is 2.55. The molecule has 1 fully saturated rings. The average Bonchev–Trinajstić information content (AvgIpc) is 2.29. The Morgan fingerprint density at radius 2 is 2.38 bits per heavy atom. The first-order valence-corrected chi connectivity index (χ1v) is 7.00. The average molecular weight is 304 g/mol. The van der Waals surface area contributed by atoms with Crippen molar-refractivity contribution in [1.82, 2.24) is 4.98 Å². The second-order valence-electron chi connectivity index (χ2n) is 4.32. The molecule has 16 heavy (non-hydrogen) atoms. The number of pyridine rings is 1. The Labute approximate surface area is 110 Å². The maximum Gasteiger partial charge on any atom is 0.143 e. The van der Waals surface area contributed by atoms with Gasteiger partial charge in [-0.2, -0.15) is 0 Å². The molecule has 2 nitrogen and oxygen atoms in total. The third kappa shape index (κ3) is 2.51. The molecule has 0 radical (unpaired) electrons. The lowest BCUT2D eigenvalue weighted by Gasteiger charge is -2.36. The van der Waals surface area contributed by atoms with Crippen LogP contribution in [-0.4, -0.2) is 23.5 Å². The van der Waals surface area contributed by atoms with Crippen molar-refractivity contribution in [2.75, 3.05) is 17.3 Å². The molecule has 0 aromatic carbocycles. The molecule has 1 aromatic heterocycles. The van der Waals surface area contributed by atoms with Gasteiger partial charge < -0.3 is 4.90 Å². The van der Waals surface area contributed by atoms with Gasteiger partial charge in [0.15, 0.2) is 0 Å². The molecule has 0 bridgehead atoms. The van der Waals surface area contributed by atoms with Crippen molar-refractivity contribution in [3.63, 3.8) is 0 Å². The van der Waals surface area contributed by atoms with Crippen LogP contribution in [0.15, 0.2) is 16.7 Å². The van der Waals surface area contributed by atoms with E-state index < -0.39 is 0 Å². The van der Waals surface area contributed by atoms with Crippen molar-refractivity contribution < 1.29 is 0 Å². The SMILES string of the molecule is Cc1cnc(N2CCCCC2CCl)c(Br)c1. The molecule has 1 atom stereocenters. The number of alkyl halides is 1. The monoisotopic (exact) mass is 302 g/mol. The van der Waals surface area contributed by atoms with Crippen molar-refractivity contribution in [3.8, 4) is 0 Å². The Hall–Kier alpha value is -0.280. The van der Waals surface area contributed by atoms with Gasteiger partial charge in [0, 0.05) is 24.7 Å². The van der Waals surface area contributed by atoms with E-state index in [1.165, 1.54) is 24.8 Å². The van der Waals surface area contributed by atoms with E-state index in [-0.39, 0.29) is 0 Å². The van der Waals surface area contributed by atoms with Gasteiger partial charge in [0.05, 0.1) is 4.47 Å². The Morgan fingerprint density at radius 1 is 1.56 bits per heavy atom. The summed E-state index contributed by atoms with van der Waals surface area (Å²) in [5.74, 6) is 1.72. The third-order valence-electron chi connectivity index (χ3n) is 3.04. The Morgan fingerprint density at radius 3 is 3.06 bits per heavy atom. The van der Waals surface area contributed by atoms with Crippen LogP contribution in [0.3, 0.4) is 0 Å². The highest BCUT2D eigenvalue weighted by molar-refractivity contribution is 9.10. The summed E-state index contributed by atoms with van der Waals surface area (Å²) >= 11 is 9.62. The number of rotatable bonds is 2. The van der Waals surface area contributed by atoms with Gasteiger partial charge in [-0.25, -0.2) is 4.98 Å². The van der Waals surface area contributed by atoms with Crippen molar-refractivity contribution in [2.45, 2.75) is 32.2 Å². The van der Waals surface area contributed by atoms with Crippen LogP contribution in [0.5, 0.6) is 0 Å². The van der Waals surface area contributed by atoms with E-state index in [0.717, 1.165) is 16.8 Å². The summed E-state index contributed by atoms with van der Waals surface area (Å²) in [5.41, 5.74) is 1.18. The summed E-state index contributed by atoms with van der Waals surface area (Å²) in [7, 11) is 0. The van der Waals surface area contributed by atoms with Crippen LogP contribution in [0.2, 0.25) is 0 Å². The van der Waals surface area contributed by atoms with Crippen LogP contribution in [0.4, 0.5) is 5.82 Å². The second-order valence-corrected chi connectivity index (χ2v) is 5.48. The van der Waals surface area contributed by atoms with Crippen LogP contribution >= 0.6 is 27.5 Å². The molecule has 0 saturated carbocycles. The van der Waals surface area contributed by atoms with Gasteiger partial charge in [-0.1, -0.05) is 0 Å². The van der Waals surface area contributed by atoms with E-state index in [1.54, 1.807) is 0 Å². The number of halogens is 2. The molecular weight excluding hydrogens is 288 g/mol. The number of aryl methyl sites for hydroxylation is 1. The number of aromatic nitrogens is 1. The molecule has 1 aliphatic heterocycles. The minimum absolute atomic E-state index is 0.432. The normalized spacial score (nSPS) is 21.2. The molecule has 0 spiro atoms. The molecular formula is C12H16BrClN2. The summed E-state index contributed by atoms with van der Waals surface area (Å²) in [6.07, 6.45) is 5.60. The smallest absolute Gasteiger partial charge is 0.143 e. The quantitative estimate of drug-likeness (QED) is 0.774. The van der Waals surface area contributed by atoms with E-state index in [1.807, 2.05) is 6.20 Å². The van der Waals surface area contributed by atoms with Crippen LogP contribution in [0.25, 0.3) is 0 Å². The molecule has 2 rings (SSSR count). The predicted molar refractivity (Wildman–Crippen MR) is 72.4 cm³/mol. The molecule has 88 valence electrons. The maximum absolute atomic E-state index is 6.02. The molecule has 0 N–H and O–H groups in total. The van der Waals surface area contributed by atoms with Crippen molar-refractivity contribution in [3.05, 3.63) is 22.3 Å². The minimum atomic E-state index is 0.432. The topological polar surface area (TPSA) is 16.1 Å². The van der Waals surface area contributed by atoms with E-state index in [9.17, 15) is 0 Å². The lowest BCUT2D eigenvalue weighted by Crippen LogP contribution is -2.41. The first kappa shape index (κ1) is 12.2. The van der Waals surface area contributed by atoms with E-state index in [4.69, 9.17) is 11.6 Å². The van der Waals surface area contributed by atoms with Gasteiger partial charge in [0.25, 0.3) is 0 Å². The summed E-state index contributed by atoms with van der Waals surface area (Å²) in [6.45, 7) is 3.11. The highest BCUT2D eigenvalue weighted by atomic mass is 79.9. The van der Waals surface area contributed by atoms with Gasteiger partial charge in [-0.3, -0.25) is 0 Å². The van der Waals surface area contributed by atoms with Gasteiger partial charge in [0.1, 0.15) is 5.82 Å². The largest absolute Gasteiger partial charge is 0.352 e. The van der Waals surface area contributed by atoms with Crippen molar-refractivity contribution in [1.29, 1.82) is 0 Å². The lowest BCUT2D eigenvalue weighted by molar-refractivity contribution is 0.484. The van der Waals surface area contributed by atoms with Crippen molar-refractivity contribution >= 4 is 33.3 Å². The number of piperidine rings is 1. The number of anilines is 1. The minimum Gasteiger partial charge on any atom is -0.352 e. The fraction of sp³-hybridized carbons (Fsp3) is 0.583. The number of hydrogen-bond acceptors (Lipinski definition) is 2. The van der Waals surface area contributed by atoms with Crippen LogP contribution in [-0.2, 0) is 0 Å². The molecule has 4 heteroatoms. The number of hydrogen-bond donors (Lipinski definition) is 0. The molecule has 1 aromatic rings. The first-order valence-electron chi connectivity index (χ1n) is 5.67. The van der Waals surface area contributed by atoms with E-state index in [0.29, 0.717) is 11.9 Å². The fourth-order valence-electron chi connectivity index (χ4n) is 2.18. The maximum atomic E-state index is 6.02. The Balaban J connectivity index is 2.27. The first-order chi connectivity index (χ1) is 7.72. The molecule has 1 saturated heterocycles. The summed E-state index contributed by atoms with van der Waals surface area (Å²) in [4.78, 5) is 6.85. The summed E-state index contributed by atoms with van der Waals surface area (Å²) in [5, 5.41) is 0. The fourth-order valence-corrected chi connectivity index (χ4v) is 3.19. The molecule has 1 aliphatic rings. The molecule has 1 unspecified atom stereocenters. The lowest BCUT2D eigenvalue weighted by atomic mass is 10.0. The third-order valence-corrected chi connectivity index (χ3v) is 3.98. The highest BCUT2D eigenvalue weighted by Gasteiger charge is 2.24. The summed E-state index contributed by atoms with van der Waals surface area (Å²) < 4.78 is 1.07. The van der Waals surface area contributed by atoms with Crippen LogP contribution in [0, 0.1) is 6.92 Å². The van der Waals surface area contributed by atoms with E-state index >= 15 is 0 Å². The second kappa shape index (κ2) is 5.37. The number of nitrogens with zero attached hydrogens (tertiary/aromatic N) is 2. The Bertz CT molecular complexity index is 370. The molecule has 0 aliphatic carbocycles. The van der Waals surface area contributed by atoms with Gasteiger partial charge in [0.2, 0.25) is 0 Å². The zero-order valence-corrected chi connectivity index (χ0v) is 11.8. The van der Waals surface area contributed by atoms with Crippen LogP contribution in [0.1, 0.15) is 24.8 Å². The van der Waals surface area contributed by atoms with Gasteiger partial charge >= 0.3 is 0 Å². The van der Waals surface area contributed by atoms with Crippen molar-refractivity contribution in [2.24, 2.45) is 0 Å². The van der Waals surface area contributed by atoms with Gasteiger partial charge in [-0.15, -0.1) is 11.6 Å². The zero-order chi connectivity index (χ0) is 11.5. The highest BCUT2D eigenvalue weighted by Crippen LogP contribution is 2.30. The Kier molecular flexibility index (Phi) is 4.09. The molecule has 0 amide bonds. The van der Waals surface area contributed by atoms with Gasteiger partial charge in [-0.05, 0) is 53.7 Å². The standard InChI is InChI=1S/C12H16BrClN2/c1-9-6-11(13)12(15-8-9)16-5-3-2-4-10(16)7-14/h6,8,10H,2-5,7H2,1H3. The van der Waals surface area contributed by atoms with Crippen LogP contribution < -0.4 is 4.90 Å². The predicted octanol–water partition coefficient (Wildman–Crippen LogP) is 3.75. The zero-order valence-electron chi connectivity index (χ0n) is 9.42.